The number of halogens is 1. The van der Waals surface area contributed by atoms with Gasteiger partial charge in [0.2, 0.25) is 0 Å². The lowest BCUT2D eigenvalue weighted by molar-refractivity contribution is -0.142. The summed E-state index contributed by atoms with van der Waals surface area (Å²) in [6.45, 7) is 0. The molecule has 0 radical (unpaired) electrons. The van der Waals surface area contributed by atoms with Crippen molar-refractivity contribution in [2.24, 2.45) is 5.73 Å². The molecule has 1 unspecified atom stereocenters. The van der Waals surface area contributed by atoms with Gasteiger partial charge in [-0.05, 0) is 18.2 Å². The molecule has 0 saturated heterocycles. The van der Waals surface area contributed by atoms with Crippen molar-refractivity contribution in [1.29, 1.82) is 0 Å². The molecule has 1 heterocycles. The summed E-state index contributed by atoms with van der Waals surface area (Å²) < 4.78 is 23.1. The van der Waals surface area contributed by atoms with Crippen molar-refractivity contribution in [1.82, 2.24) is 0 Å². The minimum absolute atomic E-state index is 0.187. The van der Waals surface area contributed by atoms with Crippen LogP contribution in [0.15, 0.2) is 28.7 Å². The Morgan fingerprint density at radius 3 is 2.94 bits per heavy atom. The van der Waals surface area contributed by atoms with E-state index in [2.05, 4.69) is 4.74 Å². The molecule has 1 aromatic heterocycles. The number of hydrogen-bond acceptors (Lipinski definition) is 4. The first-order chi connectivity index (χ1) is 7.63. The van der Waals surface area contributed by atoms with Crippen molar-refractivity contribution < 1.29 is 18.3 Å². The summed E-state index contributed by atoms with van der Waals surface area (Å²) >= 11 is 0. The van der Waals surface area contributed by atoms with Gasteiger partial charge < -0.3 is 14.9 Å². The van der Waals surface area contributed by atoms with E-state index in [1.165, 1.54) is 25.3 Å². The van der Waals surface area contributed by atoms with Gasteiger partial charge in [-0.3, -0.25) is 0 Å². The van der Waals surface area contributed by atoms with Crippen LogP contribution in [0.2, 0.25) is 0 Å². The molecular formula is C11H10FNO3. The number of ether oxygens (including phenoxy) is 1. The molecule has 84 valence electrons. The Balaban J connectivity index is 2.47. The van der Waals surface area contributed by atoms with Gasteiger partial charge in [0, 0.05) is 0 Å². The smallest absolute Gasteiger partial charge is 0.330 e. The highest BCUT2D eigenvalue weighted by atomic mass is 19.1. The van der Waals surface area contributed by atoms with E-state index >= 15 is 0 Å². The molecule has 2 N–H and O–H groups in total. The zero-order valence-corrected chi connectivity index (χ0v) is 8.57. The van der Waals surface area contributed by atoms with Crippen LogP contribution < -0.4 is 5.73 Å². The predicted octanol–water partition coefficient (Wildman–Crippen LogP) is 1.74. The Morgan fingerprint density at radius 1 is 1.56 bits per heavy atom. The highest BCUT2D eigenvalue weighted by molar-refractivity contribution is 5.82. The zero-order valence-electron chi connectivity index (χ0n) is 8.57. The molecule has 0 aliphatic rings. The van der Waals surface area contributed by atoms with Gasteiger partial charge in [0.1, 0.15) is 17.2 Å². The lowest BCUT2D eigenvalue weighted by atomic mass is 10.2. The van der Waals surface area contributed by atoms with Crippen LogP contribution in [-0.2, 0) is 9.53 Å². The van der Waals surface area contributed by atoms with Crippen LogP contribution in [0.3, 0.4) is 0 Å². The molecular weight excluding hydrogens is 213 g/mol. The summed E-state index contributed by atoms with van der Waals surface area (Å²) in [5.74, 6) is -0.851. The lowest BCUT2D eigenvalue weighted by Gasteiger charge is -2.04. The van der Waals surface area contributed by atoms with Gasteiger partial charge >= 0.3 is 5.97 Å². The first-order valence-corrected chi connectivity index (χ1v) is 4.65. The van der Waals surface area contributed by atoms with Crippen LogP contribution in [0.4, 0.5) is 4.39 Å². The van der Waals surface area contributed by atoms with Crippen molar-refractivity contribution in [3.8, 4) is 0 Å². The first-order valence-electron chi connectivity index (χ1n) is 4.65. The van der Waals surface area contributed by atoms with E-state index in [1.54, 1.807) is 6.07 Å². The molecule has 5 heteroatoms. The number of nitrogens with two attached hydrogens (primary N) is 1. The van der Waals surface area contributed by atoms with E-state index in [0.717, 1.165) is 0 Å². The van der Waals surface area contributed by atoms with Gasteiger partial charge in [-0.1, -0.05) is 6.07 Å². The molecule has 2 rings (SSSR count). The molecule has 0 aliphatic heterocycles. The molecule has 16 heavy (non-hydrogen) atoms. The second-order valence-corrected chi connectivity index (χ2v) is 3.30. The maximum atomic E-state index is 13.3. The predicted molar refractivity (Wildman–Crippen MR) is 55.1 cm³/mol. The Bertz CT molecular complexity index is 535. The third-order valence-electron chi connectivity index (χ3n) is 2.29. The number of hydrogen-bond donors (Lipinski definition) is 1. The summed E-state index contributed by atoms with van der Waals surface area (Å²) in [6.07, 6.45) is 0. The monoisotopic (exact) mass is 223 g/mol. The fraction of sp³-hybridized carbons (Fsp3) is 0.182. The normalized spacial score (nSPS) is 12.7. The third kappa shape index (κ3) is 1.65. The number of esters is 1. The Kier molecular flexibility index (Phi) is 2.62. The Morgan fingerprint density at radius 2 is 2.31 bits per heavy atom. The van der Waals surface area contributed by atoms with Crippen LogP contribution >= 0.6 is 0 Å². The van der Waals surface area contributed by atoms with E-state index < -0.39 is 17.8 Å². The number of rotatable bonds is 2. The summed E-state index contributed by atoms with van der Waals surface area (Å²) in [7, 11) is 1.23. The van der Waals surface area contributed by atoms with Crippen molar-refractivity contribution in [3.05, 3.63) is 35.8 Å². The number of methoxy groups -OCH3 is 1. The Labute approximate surface area is 90.8 Å². The molecule has 0 saturated carbocycles. The molecule has 0 spiro atoms. The molecule has 0 bridgehead atoms. The van der Waals surface area contributed by atoms with Crippen molar-refractivity contribution in [2.75, 3.05) is 7.11 Å². The third-order valence-corrected chi connectivity index (χ3v) is 2.29. The van der Waals surface area contributed by atoms with Gasteiger partial charge in [0.15, 0.2) is 6.04 Å². The molecule has 2 aromatic rings. The van der Waals surface area contributed by atoms with Crippen molar-refractivity contribution in [3.63, 3.8) is 0 Å². The van der Waals surface area contributed by atoms with E-state index in [-0.39, 0.29) is 5.76 Å². The summed E-state index contributed by atoms with van der Waals surface area (Å²) in [5.41, 5.74) is 5.93. The average Bonchev–Trinajstić information content (AvgIpc) is 2.72. The van der Waals surface area contributed by atoms with Crippen LogP contribution in [0, 0.1) is 5.82 Å². The van der Waals surface area contributed by atoms with Crippen LogP contribution in [0.5, 0.6) is 0 Å². The molecule has 0 amide bonds. The number of furan rings is 1. The molecule has 0 aliphatic carbocycles. The summed E-state index contributed by atoms with van der Waals surface area (Å²) in [5, 5.41) is 0.303. The van der Waals surface area contributed by atoms with E-state index in [9.17, 15) is 9.18 Å². The fourth-order valence-corrected chi connectivity index (χ4v) is 1.44. The van der Waals surface area contributed by atoms with Gasteiger partial charge in [-0.15, -0.1) is 0 Å². The SMILES string of the molecule is COC(=O)C(N)c1cc2c(F)cccc2o1. The summed E-state index contributed by atoms with van der Waals surface area (Å²) in [6, 6.07) is 4.81. The summed E-state index contributed by atoms with van der Waals surface area (Å²) in [4.78, 5) is 11.2. The van der Waals surface area contributed by atoms with E-state index in [1.807, 2.05) is 0 Å². The van der Waals surface area contributed by atoms with E-state index in [4.69, 9.17) is 10.2 Å². The van der Waals surface area contributed by atoms with Gasteiger partial charge in [0.05, 0.1) is 12.5 Å². The second-order valence-electron chi connectivity index (χ2n) is 3.30. The van der Waals surface area contributed by atoms with Gasteiger partial charge in [0.25, 0.3) is 0 Å². The second kappa shape index (κ2) is 3.94. The standard InChI is InChI=1S/C11H10FNO3/c1-15-11(14)10(13)9-5-6-7(12)3-2-4-8(6)16-9/h2-5,10H,13H2,1H3. The average molecular weight is 223 g/mol. The minimum Gasteiger partial charge on any atom is -0.468 e. The number of benzene rings is 1. The molecule has 0 fully saturated rings. The minimum atomic E-state index is -1.03. The highest BCUT2D eigenvalue weighted by Crippen LogP contribution is 2.25. The maximum absolute atomic E-state index is 13.3. The number of carbonyl (C=O) groups excluding carboxylic acids is 1. The number of fused-ring (bicyclic) bond motifs is 1. The van der Waals surface area contributed by atoms with Crippen LogP contribution in [0.25, 0.3) is 11.0 Å². The fourth-order valence-electron chi connectivity index (χ4n) is 1.44. The number of carbonyl (C=O) groups is 1. The van der Waals surface area contributed by atoms with Crippen LogP contribution in [0.1, 0.15) is 11.8 Å². The largest absolute Gasteiger partial charge is 0.468 e. The van der Waals surface area contributed by atoms with Gasteiger partial charge in [-0.25, -0.2) is 9.18 Å². The van der Waals surface area contributed by atoms with E-state index in [0.29, 0.717) is 11.0 Å². The molecule has 1 atom stereocenters. The Hall–Kier alpha value is -1.88. The lowest BCUT2D eigenvalue weighted by Crippen LogP contribution is -2.21. The topological polar surface area (TPSA) is 65.5 Å². The maximum Gasteiger partial charge on any atom is 0.330 e. The van der Waals surface area contributed by atoms with Crippen molar-refractivity contribution >= 4 is 16.9 Å². The first kappa shape index (κ1) is 10.6. The molecule has 1 aromatic carbocycles. The zero-order chi connectivity index (χ0) is 11.7. The van der Waals surface area contributed by atoms with Gasteiger partial charge in [-0.2, -0.15) is 0 Å². The van der Waals surface area contributed by atoms with Crippen molar-refractivity contribution in [2.45, 2.75) is 6.04 Å². The highest BCUT2D eigenvalue weighted by Gasteiger charge is 2.21. The van der Waals surface area contributed by atoms with Crippen LogP contribution in [-0.4, -0.2) is 13.1 Å². The molecule has 4 nitrogen and oxygen atoms in total. The quantitative estimate of drug-likeness (QED) is 0.787.